The van der Waals surface area contributed by atoms with Crippen LogP contribution in [0.5, 0.6) is 0 Å². The highest BCUT2D eigenvalue weighted by atomic mass is 16.2. The molecule has 5 N–H and O–H groups in total. The molecule has 0 radical (unpaired) electrons. The summed E-state index contributed by atoms with van der Waals surface area (Å²) in [6.45, 7) is 8.93. The van der Waals surface area contributed by atoms with Gasteiger partial charge in [-0.3, -0.25) is 14.7 Å². The average molecular weight is 267 g/mol. The lowest BCUT2D eigenvalue weighted by atomic mass is 10.1. The normalized spacial score (nSPS) is 12.9. The molecule has 1 heterocycles. The van der Waals surface area contributed by atoms with Gasteiger partial charge in [-0.1, -0.05) is 0 Å². The molecule has 0 aliphatic carbocycles. The highest BCUT2D eigenvalue weighted by molar-refractivity contribution is 6.00. The van der Waals surface area contributed by atoms with Crippen molar-refractivity contribution in [2.24, 2.45) is 0 Å². The minimum absolute atomic E-state index is 0.105. The van der Waals surface area contributed by atoms with Crippen LogP contribution in [0.15, 0.2) is 0 Å². The molecule has 1 unspecified atom stereocenters. The Morgan fingerprint density at radius 3 is 2.37 bits per heavy atom. The van der Waals surface area contributed by atoms with Gasteiger partial charge in [0.1, 0.15) is 6.04 Å². The van der Waals surface area contributed by atoms with Crippen molar-refractivity contribution in [3.05, 3.63) is 11.4 Å². The fourth-order valence-electron chi connectivity index (χ4n) is 1.42. The number of nitrogen functional groups attached to an aromatic ring is 1. The first-order valence-electron chi connectivity index (χ1n) is 6.05. The van der Waals surface area contributed by atoms with E-state index in [4.69, 9.17) is 5.73 Å². The fraction of sp³-hybridized carbons (Fsp3) is 0.583. The Hall–Kier alpha value is -2.05. The SMILES string of the molecule is Cc1[nH]nc(C(=O)NC(C)C(=O)NC(C)(C)C)c1N. The summed E-state index contributed by atoms with van der Waals surface area (Å²) in [7, 11) is 0. The quantitative estimate of drug-likeness (QED) is 0.632. The smallest absolute Gasteiger partial charge is 0.274 e. The van der Waals surface area contributed by atoms with Gasteiger partial charge in [0.05, 0.1) is 11.4 Å². The molecule has 0 spiro atoms. The van der Waals surface area contributed by atoms with E-state index >= 15 is 0 Å². The molecule has 0 fully saturated rings. The standard InChI is InChI=1S/C12H21N5O2/c1-6-8(13)9(17-16-6)11(19)14-7(2)10(18)15-12(3,4)5/h7H,13H2,1-5H3,(H,14,19)(H,15,18)(H,16,17). The number of anilines is 1. The van der Waals surface area contributed by atoms with Gasteiger partial charge >= 0.3 is 0 Å². The molecule has 2 amide bonds. The molecule has 1 aromatic rings. The first-order chi connectivity index (χ1) is 8.61. The van der Waals surface area contributed by atoms with E-state index in [1.54, 1.807) is 13.8 Å². The maximum Gasteiger partial charge on any atom is 0.274 e. The van der Waals surface area contributed by atoms with Crippen LogP contribution in [0.3, 0.4) is 0 Å². The number of hydrogen-bond acceptors (Lipinski definition) is 4. The van der Waals surface area contributed by atoms with Crippen molar-refractivity contribution in [1.29, 1.82) is 0 Å². The average Bonchev–Trinajstić information content (AvgIpc) is 2.57. The molecule has 0 bridgehead atoms. The summed E-state index contributed by atoms with van der Waals surface area (Å²) >= 11 is 0. The van der Waals surface area contributed by atoms with E-state index < -0.39 is 11.9 Å². The van der Waals surface area contributed by atoms with Crippen molar-refractivity contribution in [3.63, 3.8) is 0 Å². The van der Waals surface area contributed by atoms with Gasteiger partial charge < -0.3 is 16.4 Å². The van der Waals surface area contributed by atoms with Crippen LogP contribution in [0.1, 0.15) is 43.9 Å². The Bertz CT molecular complexity index is 487. The summed E-state index contributed by atoms with van der Waals surface area (Å²) in [6, 6.07) is -0.664. The number of carbonyl (C=O) groups excluding carboxylic acids is 2. The van der Waals surface area contributed by atoms with Gasteiger partial charge in [-0.05, 0) is 34.6 Å². The zero-order valence-electron chi connectivity index (χ0n) is 11.9. The third-order valence-corrected chi connectivity index (χ3v) is 2.45. The van der Waals surface area contributed by atoms with Gasteiger partial charge in [0.15, 0.2) is 5.69 Å². The Kier molecular flexibility index (Phi) is 4.18. The molecule has 0 aliphatic heterocycles. The zero-order chi connectivity index (χ0) is 14.8. The summed E-state index contributed by atoms with van der Waals surface area (Å²) in [5.74, 6) is -0.731. The second-order valence-electron chi connectivity index (χ2n) is 5.55. The van der Waals surface area contributed by atoms with Crippen LogP contribution in [0.25, 0.3) is 0 Å². The topological polar surface area (TPSA) is 113 Å². The van der Waals surface area contributed by atoms with Crippen molar-refractivity contribution in [3.8, 4) is 0 Å². The number of carbonyl (C=O) groups is 2. The van der Waals surface area contributed by atoms with E-state index in [9.17, 15) is 9.59 Å². The van der Waals surface area contributed by atoms with Crippen molar-refractivity contribution in [2.75, 3.05) is 5.73 Å². The van der Waals surface area contributed by atoms with E-state index in [1.807, 2.05) is 20.8 Å². The minimum atomic E-state index is -0.664. The van der Waals surface area contributed by atoms with Crippen LogP contribution < -0.4 is 16.4 Å². The fourth-order valence-corrected chi connectivity index (χ4v) is 1.42. The largest absolute Gasteiger partial charge is 0.395 e. The number of aromatic nitrogens is 2. The zero-order valence-corrected chi connectivity index (χ0v) is 11.9. The van der Waals surface area contributed by atoms with Crippen LogP contribution in [0.2, 0.25) is 0 Å². The van der Waals surface area contributed by atoms with Gasteiger partial charge in [0.2, 0.25) is 5.91 Å². The first-order valence-corrected chi connectivity index (χ1v) is 6.05. The van der Waals surface area contributed by atoms with E-state index in [0.29, 0.717) is 11.4 Å². The Balaban J connectivity index is 2.67. The number of nitrogens with one attached hydrogen (secondary N) is 3. The lowest BCUT2D eigenvalue weighted by molar-refractivity contribution is -0.124. The lowest BCUT2D eigenvalue weighted by Crippen LogP contribution is -2.50. The lowest BCUT2D eigenvalue weighted by Gasteiger charge is -2.23. The second kappa shape index (κ2) is 5.29. The number of H-pyrrole nitrogens is 1. The second-order valence-corrected chi connectivity index (χ2v) is 5.55. The van der Waals surface area contributed by atoms with Gasteiger partial charge in [-0.2, -0.15) is 5.10 Å². The van der Waals surface area contributed by atoms with Gasteiger partial charge in [0, 0.05) is 5.54 Å². The third kappa shape index (κ3) is 3.97. The molecule has 1 aromatic heterocycles. The molecule has 0 aliphatic rings. The first kappa shape index (κ1) is 15.0. The molecule has 0 saturated heterocycles. The molecular formula is C12H21N5O2. The van der Waals surface area contributed by atoms with Crippen molar-refractivity contribution in [1.82, 2.24) is 20.8 Å². The van der Waals surface area contributed by atoms with Gasteiger partial charge in [-0.15, -0.1) is 0 Å². The molecule has 7 nitrogen and oxygen atoms in total. The molecule has 106 valence electrons. The molecular weight excluding hydrogens is 246 g/mol. The maximum absolute atomic E-state index is 11.9. The van der Waals surface area contributed by atoms with Crippen molar-refractivity contribution < 1.29 is 9.59 Å². The van der Waals surface area contributed by atoms with Crippen LogP contribution >= 0.6 is 0 Å². The van der Waals surface area contributed by atoms with E-state index in [2.05, 4.69) is 20.8 Å². The Labute approximate surface area is 112 Å². The van der Waals surface area contributed by atoms with E-state index in [-0.39, 0.29) is 17.1 Å². The van der Waals surface area contributed by atoms with E-state index in [0.717, 1.165) is 0 Å². The molecule has 1 rings (SSSR count). The Morgan fingerprint density at radius 1 is 1.37 bits per heavy atom. The number of aromatic amines is 1. The summed E-state index contributed by atoms with van der Waals surface area (Å²) in [5.41, 5.74) is 6.37. The van der Waals surface area contributed by atoms with Crippen molar-refractivity contribution in [2.45, 2.75) is 46.2 Å². The Morgan fingerprint density at radius 2 is 1.95 bits per heavy atom. The van der Waals surface area contributed by atoms with Crippen LogP contribution in [-0.2, 0) is 4.79 Å². The van der Waals surface area contributed by atoms with Crippen molar-refractivity contribution >= 4 is 17.5 Å². The summed E-state index contributed by atoms with van der Waals surface area (Å²) in [5, 5.41) is 11.8. The highest BCUT2D eigenvalue weighted by Gasteiger charge is 2.23. The van der Waals surface area contributed by atoms with Crippen LogP contribution in [-0.4, -0.2) is 33.6 Å². The number of nitrogens with zero attached hydrogens (tertiary/aromatic N) is 1. The maximum atomic E-state index is 11.9. The summed E-state index contributed by atoms with van der Waals surface area (Å²) in [4.78, 5) is 23.7. The number of amides is 2. The van der Waals surface area contributed by atoms with Crippen LogP contribution in [0, 0.1) is 6.92 Å². The van der Waals surface area contributed by atoms with E-state index in [1.165, 1.54) is 0 Å². The summed E-state index contributed by atoms with van der Waals surface area (Å²) in [6.07, 6.45) is 0. The molecule has 19 heavy (non-hydrogen) atoms. The molecule has 7 heteroatoms. The minimum Gasteiger partial charge on any atom is -0.395 e. The predicted octanol–water partition coefficient (Wildman–Crippen LogP) is 0.333. The third-order valence-electron chi connectivity index (χ3n) is 2.45. The molecule has 0 saturated carbocycles. The number of nitrogens with two attached hydrogens (primary N) is 1. The molecule has 0 aromatic carbocycles. The van der Waals surface area contributed by atoms with Gasteiger partial charge in [-0.25, -0.2) is 0 Å². The monoisotopic (exact) mass is 267 g/mol. The predicted molar refractivity (Wildman–Crippen MR) is 72.6 cm³/mol. The number of hydrogen-bond donors (Lipinski definition) is 4. The number of aryl methyl sites for hydroxylation is 1. The van der Waals surface area contributed by atoms with Gasteiger partial charge in [0.25, 0.3) is 5.91 Å². The number of rotatable bonds is 3. The van der Waals surface area contributed by atoms with Crippen LogP contribution in [0.4, 0.5) is 5.69 Å². The summed E-state index contributed by atoms with van der Waals surface area (Å²) < 4.78 is 0. The molecule has 1 atom stereocenters. The highest BCUT2D eigenvalue weighted by Crippen LogP contribution is 2.12.